The number of amides is 1. The van der Waals surface area contributed by atoms with Crippen molar-refractivity contribution in [1.82, 2.24) is 0 Å². The van der Waals surface area contributed by atoms with Gasteiger partial charge in [0.25, 0.3) is 5.91 Å². The summed E-state index contributed by atoms with van der Waals surface area (Å²) < 4.78 is 21.5. The van der Waals surface area contributed by atoms with Crippen molar-refractivity contribution in [2.24, 2.45) is 5.92 Å². The van der Waals surface area contributed by atoms with E-state index in [9.17, 15) is 9.59 Å². The zero-order valence-electron chi connectivity index (χ0n) is 19.3. The summed E-state index contributed by atoms with van der Waals surface area (Å²) in [7, 11) is 2.78. The van der Waals surface area contributed by atoms with Crippen LogP contribution in [0.3, 0.4) is 0 Å². The molecule has 178 valence electrons. The molecule has 1 heterocycles. The Labute approximate surface area is 198 Å². The molecule has 0 atom stereocenters. The molecule has 33 heavy (non-hydrogen) atoms. The number of nitrogens with one attached hydrogen (secondary N) is 1. The topological polar surface area (TPSA) is 86.3 Å². The Hall–Kier alpha value is -2.97. The van der Waals surface area contributed by atoms with Crippen LogP contribution < -0.4 is 19.7 Å². The van der Waals surface area contributed by atoms with Crippen molar-refractivity contribution < 1.29 is 28.5 Å². The minimum absolute atomic E-state index is 0.254. The highest BCUT2D eigenvalue weighted by atomic mass is 35.5. The molecule has 0 spiro atoms. The van der Waals surface area contributed by atoms with Crippen LogP contribution in [0.5, 0.6) is 11.5 Å². The molecule has 9 heteroatoms. The molecule has 1 saturated heterocycles. The molecule has 2 aromatic rings. The van der Waals surface area contributed by atoms with Gasteiger partial charge in [-0.2, -0.15) is 0 Å². The number of anilines is 2. The van der Waals surface area contributed by atoms with Gasteiger partial charge in [0.05, 0.1) is 50.3 Å². The van der Waals surface area contributed by atoms with Crippen LogP contribution in [0.1, 0.15) is 34.6 Å². The van der Waals surface area contributed by atoms with Gasteiger partial charge >= 0.3 is 5.97 Å². The average Bonchev–Trinajstić information content (AvgIpc) is 2.82. The summed E-state index contributed by atoms with van der Waals surface area (Å²) in [5.41, 5.74) is 1.71. The van der Waals surface area contributed by atoms with Gasteiger partial charge in [0.15, 0.2) is 11.5 Å². The third-order valence-corrected chi connectivity index (χ3v) is 5.37. The van der Waals surface area contributed by atoms with Crippen molar-refractivity contribution in [1.29, 1.82) is 0 Å². The molecule has 1 fully saturated rings. The van der Waals surface area contributed by atoms with E-state index in [1.165, 1.54) is 20.3 Å². The Morgan fingerprint density at radius 2 is 1.88 bits per heavy atom. The number of methoxy groups -OCH3 is 2. The predicted molar refractivity (Wildman–Crippen MR) is 127 cm³/mol. The number of halogens is 1. The van der Waals surface area contributed by atoms with E-state index in [2.05, 4.69) is 10.2 Å². The Kier molecular flexibility index (Phi) is 8.41. The summed E-state index contributed by atoms with van der Waals surface area (Å²) >= 11 is 6.38. The molecule has 2 aromatic carbocycles. The minimum atomic E-state index is -0.548. The summed E-state index contributed by atoms with van der Waals surface area (Å²) in [6, 6.07) is 8.31. The zero-order valence-corrected chi connectivity index (χ0v) is 20.0. The van der Waals surface area contributed by atoms with Gasteiger partial charge in [-0.3, -0.25) is 4.79 Å². The standard InChI is InChI=1S/C24H29ClN2O6/c1-15(2)14-33-22-19(25)11-16(12-21(22)30-3)23(28)26-20-6-5-17(13-18(20)24(29)31-4)27-7-9-32-10-8-27/h5-6,11-13,15H,7-10,14H2,1-4H3,(H,26,28). The summed E-state index contributed by atoms with van der Waals surface area (Å²) in [6.07, 6.45) is 0. The second-order valence-corrected chi connectivity index (χ2v) is 8.38. The fourth-order valence-electron chi connectivity index (χ4n) is 3.37. The lowest BCUT2D eigenvalue weighted by Gasteiger charge is -2.29. The number of morpholine rings is 1. The van der Waals surface area contributed by atoms with Crippen molar-refractivity contribution in [3.05, 3.63) is 46.5 Å². The highest BCUT2D eigenvalue weighted by Crippen LogP contribution is 2.37. The van der Waals surface area contributed by atoms with Gasteiger partial charge in [0, 0.05) is 24.3 Å². The Morgan fingerprint density at radius 1 is 1.15 bits per heavy atom. The molecule has 0 radical (unpaired) electrons. The molecule has 1 aliphatic heterocycles. The van der Waals surface area contributed by atoms with Gasteiger partial charge in [0.1, 0.15) is 0 Å². The van der Waals surface area contributed by atoms with E-state index >= 15 is 0 Å². The van der Waals surface area contributed by atoms with Crippen LogP contribution in [0.4, 0.5) is 11.4 Å². The fraction of sp³-hybridized carbons (Fsp3) is 0.417. The maximum Gasteiger partial charge on any atom is 0.340 e. The number of esters is 1. The first-order valence-corrected chi connectivity index (χ1v) is 11.1. The van der Waals surface area contributed by atoms with Gasteiger partial charge in [0.2, 0.25) is 0 Å². The number of nitrogens with zero attached hydrogens (tertiary/aromatic N) is 1. The zero-order chi connectivity index (χ0) is 24.0. The second kappa shape index (κ2) is 11.2. The Morgan fingerprint density at radius 3 is 2.52 bits per heavy atom. The quantitative estimate of drug-likeness (QED) is 0.569. The van der Waals surface area contributed by atoms with Crippen LogP contribution in [0.2, 0.25) is 5.02 Å². The molecule has 8 nitrogen and oxygen atoms in total. The SMILES string of the molecule is COC(=O)c1cc(N2CCOCC2)ccc1NC(=O)c1cc(Cl)c(OCC(C)C)c(OC)c1. The monoisotopic (exact) mass is 476 g/mol. The van der Waals surface area contributed by atoms with Gasteiger partial charge in [-0.25, -0.2) is 4.79 Å². The highest BCUT2D eigenvalue weighted by Gasteiger charge is 2.21. The fourth-order valence-corrected chi connectivity index (χ4v) is 3.64. The van der Waals surface area contributed by atoms with Crippen molar-refractivity contribution in [2.45, 2.75) is 13.8 Å². The van der Waals surface area contributed by atoms with Gasteiger partial charge in [-0.05, 0) is 36.2 Å². The first kappa shape index (κ1) is 24.7. The largest absolute Gasteiger partial charge is 0.493 e. The number of rotatable bonds is 8. The van der Waals surface area contributed by atoms with Crippen LogP contribution in [0, 0.1) is 5.92 Å². The molecule has 1 amide bonds. The van der Waals surface area contributed by atoms with Crippen LogP contribution in [0.25, 0.3) is 0 Å². The van der Waals surface area contributed by atoms with E-state index in [0.29, 0.717) is 42.9 Å². The average molecular weight is 477 g/mol. The molecule has 1 aliphatic rings. The summed E-state index contributed by atoms with van der Waals surface area (Å²) in [5, 5.41) is 3.04. The molecule has 0 saturated carbocycles. The lowest BCUT2D eigenvalue weighted by molar-refractivity contribution is 0.0602. The first-order valence-electron chi connectivity index (χ1n) is 10.7. The number of benzene rings is 2. The third kappa shape index (κ3) is 6.09. The maximum atomic E-state index is 13.0. The number of ether oxygens (including phenoxy) is 4. The van der Waals surface area contributed by atoms with Crippen molar-refractivity contribution in [2.75, 3.05) is 57.3 Å². The molecule has 0 bridgehead atoms. The van der Waals surface area contributed by atoms with Gasteiger partial charge < -0.3 is 29.2 Å². The molecule has 0 aliphatic carbocycles. The number of carbonyl (C=O) groups is 2. The van der Waals surface area contributed by atoms with Crippen molar-refractivity contribution >= 4 is 34.9 Å². The van der Waals surface area contributed by atoms with Crippen LogP contribution in [0.15, 0.2) is 30.3 Å². The molecule has 0 aromatic heterocycles. The predicted octanol–water partition coefficient (Wildman–Crippen LogP) is 4.26. The van der Waals surface area contributed by atoms with E-state index in [0.717, 1.165) is 18.8 Å². The van der Waals surface area contributed by atoms with Gasteiger partial charge in [-0.15, -0.1) is 0 Å². The maximum absolute atomic E-state index is 13.0. The number of hydrogen-bond acceptors (Lipinski definition) is 7. The van der Waals surface area contributed by atoms with Crippen LogP contribution >= 0.6 is 11.6 Å². The molecular weight excluding hydrogens is 448 g/mol. The van der Waals surface area contributed by atoms with Crippen LogP contribution in [-0.4, -0.2) is 59.0 Å². The van der Waals surface area contributed by atoms with E-state index in [-0.39, 0.29) is 16.1 Å². The Balaban J connectivity index is 1.87. The van der Waals surface area contributed by atoms with E-state index in [4.69, 9.17) is 30.5 Å². The lowest BCUT2D eigenvalue weighted by atomic mass is 10.1. The molecule has 0 unspecified atom stereocenters. The smallest absolute Gasteiger partial charge is 0.340 e. The molecule has 3 rings (SSSR count). The van der Waals surface area contributed by atoms with E-state index in [1.54, 1.807) is 18.2 Å². The second-order valence-electron chi connectivity index (χ2n) is 7.97. The van der Waals surface area contributed by atoms with Gasteiger partial charge in [-0.1, -0.05) is 25.4 Å². The normalized spacial score (nSPS) is 13.6. The Bertz CT molecular complexity index is 1000. The van der Waals surface area contributed by atoms with E-state index < -0.39 is 11.9 Å². The first-order chi connectivity index (χ1) is 15.8. The van der Waals surface area contributed by atoms with Crippen molar-refractivity contribution in [3.8, 4) is 11.5 Å². The molecular formula is C24H29ClN2O6. The van der Waals surface area contributed by atoms with E-state index in [1.807, 2.05) is 19.9 Å². The van der Waals surface area contributed by atoms with Crippen LogP contribution in [-0.2, 0) is 9.47 Å². The summed E-state index contributed by atoms with van der Waals surface area (Å²) in [6.45, 7) is 7.17. The van der Waals surface area contributed by atoms with Crippen molar-refractivity contribution in [3.63, 3.8) is 0 Å². The summed E-state index contributed by atoms with van der Waals surface area (Å²) in [5.74, 6) is 0.0351. The third-order valence-electron chi connectivity index (χ3n) is 5.09. The number of carbonyl (C=O) groups excluding carboxylic acids is 2. The molecule has 1 N–H and O–H groups in total. The highest BCUT2D eigenvalue weighted by molar-refractivity contribution is 6.32. The summed E-state index contributed by atoms with van der Waals surface area (Å²) in [4.78, 5) is 27.6. The number of hydrogen-bond donors (Lipinski definition) is 1. The minimum Gasteiger partial charge on any atom is -0.493 e. The lowest BCUT2D eigenvalue weighted by Crippen LogP contribution is -2.36.